The first-order chi connectivity index (χ1) is 15.9. The van der Waals surface area contributed by atoms with Crippen LogP contribution >= 0.6 is 0 Å². The second-order valence-corrected chi connectivity index (χ2v) is 7.21. The number of aromatic nitrogens is 4. The third kappa shape index (κ3) is 5.48. The summed E-state index contributed by atoms with van der Waals surface area (Å²) in [6, 6.07) is 11.6. The van der Waals surface area contributed by atoms with Gasteiger partial charge in [0.15, 0.2) is 5.82 Å². The number of anilines is 2. The van der Waals surface area contributed by atoms with Gasteiger partial charge in [0.2, 0.25) is 0 Å². The molecule has 2 aromatic carbocycles. The monoisotopic (exact) mass is 450 g/mol. The lowest BCUT2D eigenvalue weighted by Crippen LogP contribution is -2.23. The normalized spacial score (nSPS) is 10.7. The second-order valence-electron chi connectivity index (χ2n) is 7.21. The van der Waals surface area contributed by atoms with E-state index < -0.39 is 11.6 Å². The largest absolute Gasteiger partial charge is 0.457 e. The number of pyridine rings is 1. The van der Waals surface area contributed by atoms with Crippen molar-refractivity contribution in [2.24, 2.45) is 7.05 Å². The summed E-state index contributed by atoms with van der Waals surface area (Å²) in [5.41, 5.74) is 1.32. The predicted octanol–water partition coefficient (Wildman–Crippen LogP) is 4.26. The third-order valence-electron chi connectivity index (χ3n) is 4.72. The highest BCUT2D eigenvalue weighted by atomic mass is 19.1. The average molecular weight is 450 g/mol. The first-order valence-electron chi connectivity index (χ1n) is 9.97. The molecule has 2 heterocycles. The Morgan fingerprint density at radius 1 is 1.09 bits per heavy atom. The van der Waals surface area contributed by atoms with Gasteiger partial charge in [-0.3, -0.25) is 4.79 Å². The molecule has 4 rings (SSSR count). The summed E-state index contributed by atoms with van der Waals surface area (Å²) >= 11 is 0. The molecule has 0 saturated heterocycles. The highest BCUT2D eigenvalue weighted by Crippen LogP contribution is 2.28. The summed E-state index contributed by atoms with van der Waals surface area (Å²) in [6.45, 7) is 1.74. The van der Waals surface area contributed by atoms with Crippen molar-refractivity contribution in [1.29, 1.82) is 0 Å². The number of halogens is 2. The standard InChI is InChI=1S/C23H20F2N6O2/c1-14-19(23(32)27-12-15-8-16(24)10-17(25)9-15)4-3-5-20(14)33-18-6-7-26-21(11-18)29-22-13-28-31(2)30-22/h3-11,13H,12H2,1-2H3,(H,27,32)(H,26,29,30). The summed E-state index contributed by atoms with van der Waals surface area (Å²) in [4.78, 5) is 18.3. The van der Waals surface area contributed by atoms with Gasteiger partial charge in [-0.25, -0.2) is 13.8 Å². The highest BCUT2D eigenvalue weighted by Gasteiger charge is 2.14. The Labute approximate surface area is 188 Å². The number of hydrogen-bond acceptors (Lipinski definition) is 6. The molecule has 2 aromatic heterocycles. The number of rotatable bonds is 7. The highest BCUT2D eigenvalue weighted by molar-refractivity contribution is 5.96. The lowest BCUT2D eigenvalue weighted by molar-refractivity contribution is 0.0950. The van der Waals surface area contributed by atoms with E-state index in [0.29, 0.717) is 39.8 Å². The van der Waals surface area contributed by atoms with Crippen molar-refractivity contribution in [2.45, 2.75) is 13.5 Å². The maximum Gasteiger partial charge on any atom is 0.251 e. The topological polar surface area (TPSA) is 94.0 Å². The molecule has 0 unspecified atom stereocenters. The molecule has 0 aliphatic carbocycles. The van der Waals surface area contributed by atoms with Crippen LogP contribution < -0.4 is 15.4 Å². The first-order valence-corrected chi connectivity index (χ1v) is 9.97. The Kier molecular flexibility index (Phi) is 6.25. The van der Waals surface area contributed by atoms with Gasteiger partial charge in [-0.1, -0.05) is 6.07 Å². The van der Waals surface area contributed by atoms with E-state index >= 15 is 0 Å². The van der Waals surface area contributed by atoms with E-state index in [0.717, 1.165) is 6.07 Å². The van der Waals surface area contributed by atoms with Gasteiger partial charge in [0, 0.05) is 43.0 Å². The molecule has 0 radical (unpaired) electrons. The van der Waals surface area contributed by atoms with Gasteiger partial charge in [0.1, 0.15) is 29.0 Å². The zero-order valence-corrected chi connectivity index (χ0v) is 17.8. The van der Waals surface area contributed by atoms with Crippen LogP contribution in [0.5, 0.6) is 11.5 Å². The van der Waals surface area contributed by atoms with E-state index in [9.17, 15) is 13.6 Å². The van der Waals surface area contributed by atoms with Crippen LogP contribution in [0, 0.1) is 18.6 Å². The number of benzene rings is 2. The molecule has 0 atom stereocenters. The molecule has 0 spiro atoms. The minimum absolute atomic E-state index is 0.0141. The number of amides is 1. The maximum absolute atomic E-state index is 13.4. The minimum Gasteiger partial charge on any atom is -0.457 e. The lowest BCUT2D eigenvalue weighted by atomic mass is 10.1. The zero-order chi connectivity index (χ0) is 23.4. The number of aryl methyl sites for hydroxylation is 1. The average Bonchev–Trinajstić information content (AvgIpc) is 3.17. The van der Waals surface area contributed by atoms with E-state index in [-0.39, 0.29) is 12.5 Å². The number of ether oxygens (including phenoxy) is 1. The van der Waals surface area contributed by atoms with Crippen LogP contribution in [0.3, 0.4) is 0 Å². The number of hydrogen-bond donors (Lipinski definition) is 2. The lowest BCUT2D eigenvalue weighted by Gasteiger charge is -2.13. The van der Waals surface area contributed by atoms with E-state index in [1.54, 1.807) is 56.7 Å². The molecule has 0 aliphatic rings. The molecule has 0 aliphatic heterocycles. The van der Waals surface area contributed by atoms with Crippen molar-refractivity contribution in [1.82, 2.24) is 25.3 Å². The summed E-state index contributed by atoms with van der Waals surface area (Å²) in [5.74, 6) is 0.260. The van der Waals surface area contributed by atoms with Crippen molar-refractivity contribution in [3.05, 3.63) is 89.2 Å². The predicted molar refractivity (Wildman–Crippen MR) is 117 cm³/mol. The number of nitrogens with zero attached hydrogens (tertiary/aromatic N) is 4. The van der Waals surface area contributed by atoms with Crippen LogP contribution in [0.25, 0.3) is 0 Å². The number of carbonyl (C=O) groups excluding carboxylic acids is 1. The van der Waals surface area contributed by atoms with Gasteiger partial charge in [0.05, 0.1) is 6.20 Å². The molecule has 4 aromatic rings. The van der Waals surface area contributed by atoms with Crippen LogP contribution in [0.15, 0.2) is 60.9 Å². The molecule has 33 heavy (non-hydrogen) atoms. The second kappa shape index (κ2) is 9.43. The summed E-state index contributed by atoms with van der Waals surface area (Å²) in [5, 5.41) is 13.8. The maximum atomic E-state index is 13.4. The van der Waals surface area contributed by atoms with Crippen molar-refractivity contribution in [2.75, 3.05) is 5.32 Å². The first kappa shape index (κ1) is 21.9. The van der Waals surface area contributed by atoms with Gasteiger partial charge >= 0.3 is 0 Å². The van der Waals surface area contributed by atoms with Gasteiger partial charge in [0.25, 0.3) is 5.91 Å². The molecule has 1 amide bonds. The molecule has 2 N–H and O–H groups in total. The smallest absolute Gasteiger partial charge is 0.251 e. The fraction of sp³-hybridized carbons (Fsp3) is 0.130. The minimum atomic E-state index is -0.698. The molecular formula is C23H20F2N6O2. The zero-order valence-electron chi connectivity index (χ0n) is 17.8. The van der Waals surface area contributed by atoms with Crippen molar-refractivity contribution >= 4 is 17.5 Å². The fourth-order valence-corrected chi connectivity index (χ4v) is 3.17. The number of carbonyl (C=O) groups is 1. The van der Waals surface area contributed by atoms with E-state index in [2.05, 4.69) is 25.8 Å². The molecule has 0 saturated carbocycles. The molecular weight excluding hydrogens is 430 g/mol. The Bertz CT molecular complexity index is 1290. The Morgan fingerprint density at radius 2 is 1.88 bits per heavy atom. The molecule has 8 nitrogen and oxygen atoms in total. The Morgan fingerprint density at radius 3 is 2.61 bits per heavy atom. The SMILES string of the molecule is Cc1c(Oc2ccnc(Nc3cnn(C)n3)c2)cccc1C(=O)NCc1cc(F)cc(F)c1. The summed E-state index contributed by atoms with van der Waals surface area (Å²) < 4.78 is 32.7. The molecule has 0 fully saturated rings. The Hall–Kier alpha value is -4.34. The molecule has 168 valence electrons. The van der Waals surface area contributed by atoms with Crippen LogP contribution in [-0.4, -0.2) is 25.9 Å². The van der Waals surface area contributed by atoms with E-state index in [1.165, 1.54) is 16.9 Å². The van der Waals surface area contributed by atoms with Crippen LogP contribution in [-0.2, 0) is 13.6 Å². The van der Waals surface area contributed by atoms with Crippen LogP contribution in [0.4, 0.5) is 20.4 Å². The van der Waals surface area contributed by atoms with Gasteiger partial charge in [-0.15, -0.1) is 5.10 Å². The van der Waals surface area contributed by atoms with Gasteiger partial charge in [-0.05, 0) is 42.8 Å². The summed E-state index contributed by atoms with van der Waals surface area (Å²) in [6.07, 6.45) is 3.15. The molecule has 0 bridgehead atoms. The van der Waals surface area contributed by atoms with Crippen LogP contribution in [0.2, 0.25) is 0 Å². The van der Waals surface area contributed by atoms with Gasteiger partial charge < -0.3 is 15.4 Å². The van der Waals surface area contributed by atoms with Crippen molar-refractivity contribution < 1.29 is 18.3 Å². The van der Waals surface area contributed by atoms with E-state index in [4.69, 9.17) is 4.74 Å². The van der Waals surface area contributed by atoms with Gasteiger partial charge in [-0.2, -0.15) is 9.90 Å². The number of nitrogens with one attached hydrogen (secondary N) is 2. The van der Waals surface area contributed by atoms with Crippen molar-refractivity contribution in [3.8, 4) is 11.5 Å². The van der Waals surface area contributed by atoms with Crippen LogP contribution in [0.1, 0.15) is 21.5 Å². The fourth-order valence-electron chi connectivity index (χ4n) is 3.17. The summed E-state index contributed by atoms with van der Waals surface area (Å²) in [7, 11) is 1.71. The van der Waals surface area contributed by atoms with E-state index in [1.807, 2.05) is 0 Å². The van der Waals surface area contributed by atoms with Crippen molar-refractivity contribution in [3.63, 3.8) is 0 Å². The third-order valence-corrected chi connectivity index (χ3v) is 4.72. The Balaban J connectivity index is 1.46. The molecule has 10 heteroatoms. The quantitative estimate of drug-likeness (QED) is 0.437.